The Morgan fingerprint density at radius 1 is 1.23 bits per heavy atom. The molecule has 0 unspecified atom stereocenters. The van der Waals surface area contributed by atoms with Crippen molar-refractivity contribution in [2.75, 3.05) is 6.61 Å². The van der Waals surface area contributed by atoms with Crippen LogP contribution in [0.5, 0.6) is 11.5 Å². The lowest BCUT2D eigenvalue weighted by Gasteiger charge is -2.37. The van der Waals surface area contributed by atoms with Gasteiger partial charge in [-0.25, -0.2) is 13.2 Å². The molecule has 3 atom stereocenters. The Balaban J connectivity index is 1.60. The van der Waals surface area contributed by atoms with Gasteiger partial charge in [-0.15, -0.1) is 0 Å². The second-order valence-corrected chi connectivity index (χ2v) is 11.7. The number of hydrogen-bond acceptors (Lipinski definition) is 9. The van der Waals surface area contributed by atoms with Gasteiger partial charge in [-0.05, 0) is 42.8 Å². The molecule has 35 heavy (non-hydrogen) atoms. The van der Waals surface area contributed by atoms with Gasteiger partial charge < -0.3 is 25.0 Å². The van der Waals surface area contributed by atoms with Crippen molar-refractivity contribution in [3.63, 3.8) is 0 Å². The van der Waals surface area contributed by atoms with Crippen LogP contribution in [0.3, 0.4) is 0 Å². The quantitative estimate of drug-likeness (QED) is 0.200. The molecule has 2 aromatic rings. The SMILES string of the molecule is C[C@]1(COC(=O)Cc2ccc(O)c(O)c2)[C@H](C(=O)O)N2C(=O)/C(=C/c3cc(Br)ccn3)[C@H]2S1(=O)=O. The standard InChI is InChI=1S/C22H19BrN2O9S/c1-22(10-34-17(28)7-11-2-3-15(26)16(27)6-11)18(21(30)31)25-19(29)14(20(25)35(22,32)33)9-13-8-12(23)4-5-24-13/h2-6,8-9,18,20,26-27H,7,10H2,1H3,(H,30,31)/b14-9-/t18-,20+,22-/m0/s1. The number of esters is 1. The maximum absolute atomic E-state index is 13.5. The van der Waals surface area contributed by atoms with Crippen molar-refractivity contribution in [2.24, 2.45) is 0 Å². The van der Waals surface area contributed by atoms with Gasteiger partial charge in [-0.3, -0.25) is 14.6 Å². The van der Waals surface area contributed by atoms with Crippen molar-refractivity contribution >= 4 is 49.7 Å². The molecule has 0 bridgehead atoms. The summed E-state index contributed by atoms with van der Waals surface area (Å²) < 4.78 is 30.6. The van der Waals surface area contributed by atoms with Gasteiger partial charge in [-0.2, -0.15) is 0 Å². The molecule has 0 saturated carbocycles. The maximum Gasteiger partial charge on any atom is 0.328 e. The molecular formula is C22H19BrN2O9S. The number of amides is 1. The lowest BCUT2D eigenvalue weighted by Crippen LogP contribution is -2.59. The molecule has 3 heterocycles. The number of sulfone groups is 1. The average Bonchev–Trinajstić information content (AvgIpc) is 2.94. The van der Waals surface area contributed by atoms with E-state index in [2.05, 4.69) is 20.9 Å². The minimum atomic E-state index is -4.35. The van der Waals surface area contributed by atoms with Gasteiger partial charge in [0.1, 0.15) is 11.4 Å². The normalized spacial score (nSPS) is 25.7. The number of benzene rings is 1. The Hall–Kier alpha value is -3.45. The first-order valence-corrected chi connectivity index (χ1v) is 12.5. The van der Waals surface area contributed by atoms with Crippen molar-refractivity contribution in [3.8, 4) is 11.5 Å². The van der Waals surface area contributed by atoms with Gasteiger partial charge in [0.2, 0.25) is 0 Å². The van der Waals surface area contributed by atoms with Crippen LogP contribution in [0.1, 0.15) is 18.2 Å². The molecule has 0 radical (unpaired) electrons. The summed E-state index contributed by atoms with van der Waals surface area (Å²) >= 11 is 3.26. The Morgan fingerprint density at radius 2 is 1.94 bits per heavy atom. The first-order chi connectivity index (χ1) is 16.4. The third kappa shape index (κ3) is 4.04. The highest BCUT2D eigenvalue weighted by molar-refractivity contribution is 9.10. The van der Waals surface area contributed by atoms with Crippen LogP contribution in [0.15, 0.2) is 46.6 Å². The number of halogens is 1. The highest BCUT2D eigenvalue weighted by atomic mass is 79.9. The molecule has 2 fully saturated rings. The third-order valence-electron chi connectivity index (χ3n) is 5.99. The number of hydrogen-bond donors (Lipinski definition) is 3. The van der Waals surface area contributed by atoms with Gasteiger partial charge in [-0.1, -0.05) is 22.0 Å². The summed E-state index contributed by atoms with van der Waals surface area (Å²) in [6.07, 6.45) is 2.38. The minimum absolute atomic E-state index is 0.128. The van der Waals surface area contributed by atoms with E-state index in [0.717, 1.165) is 17.9 Å². The van der Waals surface area contributed by atoms with E-state index in [9.17, 15) is 38.1 Å². The number of phenols is 2. The first-order valence-electron chi connectivity index (χ1n) is 10.2. The van der Waals surface area contributed by atoms with Crippen LogP contribution >= 0.6 is 15.9 Å². The Morgan fingerprint density at radius 3 is 2.57 bits per heavy atom. The molecule has 3 N–H and O–H groups in total. The second-order valence-electron chi connectivity index (χ2n) is 8.32. The zero-order valence-electron chi connectivity index (χ0n) is 18.1. The van der Waals surface area contributed by atoms with Crippen LogP contribution in [0, 0.1) is 0 Å². The summed E-state index contributed by atoms with van der Waals surface area (Å²) in [5.41, 5.74) is 0.461. The Kier molecular flexibility index (Phi) is 6.09. The van der Waals surface area contributed by atoms with Gasteiger partial charge in [0, 0.05) is 10.7 Å². The van der Waals surface area contributed by atoms with E-state index in [0.29, 0.717) is 10.2 Å². The highest BCUT2D eigenvalue weighted by Gasteiger charge is 2.72. The molecule has 0 spiro atoms. The molecule has 11 nitrogen and oxygen atoms in total. The molecule has 1 aromatic heterocycles. The summed E-state index contributed by atoms with van der Waals surface area (Å²) in [5, 5.41) is 27.2. The van der Waals surface area contributed by atoms with Gasteiger partial charge >= 0.3 is 11.9 Å². The van der Waals surface area contributed by atoms with Crippen LogP contribution in [0.2, 0.25) is 0 Å². The number of pyridine rings is 1. The lowest BCUT2D eigenvalue weighted by atomic mass is 9.94. The molecule has 13 heteroatoms. The molecule has 0 aliphatic carbocycles. The fraction of sp³-hybridized carbons (Fsp3) is 0.273. The number of phenolic OH excluding ortho intramolecular Hbond substituents is 2. The monoisotopic (exact) mass is 566 g/mol. The number of carboxylic acid groups (broad SMARTS) is 1. The van der Waals surface area contributed by atoms with Crippen molar-refractivity contribution in [1.29, 1.82) is 0 Å². The second kappa shape index (κ2) is 8.64. The van der Waals surface area contributed by atoms with E-state index >= 15 is 0 Å². The van der Waals surface area contributed by atoms with E-state index in [1.807, 2.05) is 0 Å². The molecule has 1 aromatic carbocycles. The number of carbonyl (C=O) groups excluding carboxylic acids is 2. The molecule has 2 saturated heterocycles. The van der Waals surface area contributed by atoms with Crippen molar-refractivity contribution in [3.05, 3.63) is 57.8 Å². The van der Waals surface area contributed by atoms with Gasteiger partial charge in [0.25, 0.3) is 5.91 Å². The molecule has 2 aliphatic rings. The van der Waals surface area contributed by atoms with Crippen molar-refractivity contribution < 1.29 is 42.9 Å². The van der Waals surface area contributed by atoms with Crippen LogP contribution < -0.4 is 0 Å². The average molecular weight is 567 g/mol. The molecule has 2 aliphatic heterocycles. The predicted octanol–water partition coefficient (Wildman–Crippen LogP) is 1.23. The lowest BCUT2D eigenvalue weighted by molar-refractivity contribution is -0.155. The van der Waals surface area contributed by atoms with Crippen molar-refractivity contribution in [2.45, 2.75) is 29.5 Å². The number of aromatic nitrogens is 1. The molecule has 1 amide bonds. The van der Waals surface area contributed by atoms with E-state index in [-0.39, 0.29) is 23.3 Å². The fourth-order valence-electron chi connectivity index (χ4n) is 4.17. The molecule has 184 valence electrons. The summed E-state index contributed by atoms with van der Waals surface area (Å²) in [6.45, 7) is 0.319. The third-order valence-corrected chi connectivity index (χ3v) is 9.19. The van der Waals surface area contributed by atoms with Crippen LogP contribution in [-0.4, -0.2) is 74.2 Å². The Labute approximate surface area is 207 Å². The number of carboxylic acids is 1. The van der Waals surface area contributed by atoms with Crippen LogP contribution in [0.25, 0.3) is 6.08 Å². The van der Waals surface area contributed by atoms with Gasteiger partial charge in [0.15, 0.2) is 32.8 Å². The van der Waals surface area contributed by atoms with E-state index in [1.165, 1.54) is 24.4 Å². The maximum atomic E-state index is 13.5. The number of rotatable bonds is 6. The largest absolute Gasteiger partial charge is 0.504 e. The summed E-state index contributed by atoms with van der Waals surface area (Å²) in [6, 6.07) is 5.12. The molecular weight excluding hydrogens is 548 g/mol. The number of nitrogens with zero attached hydrogens (tertiary/aromatic N) is 2. The Bertz CT molecular complexity index is 1390. The smallest absolute Gasteiger partial charge is 0.328 e. The zero-order valence-corrected chi connectivity index (χ0v) is 20.5. The predicted molar refractivity (Wildman–Crippen MR) is 124 cm³/mol. The summed E-state index contributed by atoms with van der Waals surface area (Å²) in [4.78, 5) is 42.1. The summed E-state index contributed by atoms with van der Waals surface area (Å²) in [7, 11) is -4.35. The van der Waals surface area contributed by atoms with Crippen molar-refractivity contribution in [1.82, 2.24) is 9.88 Å². The first kappa shape index (κ1) is 24.7. The number of ether oxygens (including phenoxy) is 1. The molecule has 4 rings (SSSR count). The minimum Gasteiger partial charge on any atom is -0.504 e. The number of fused-ring (bicyclic) bond motifs is 1. The van der Waals surface area contributed by atoms with Crippen LogP contribution in [-0.2, 0) is 35.4 Å². The van der Waals surface area contributed by atoms with Crippen LogP contribution in [0.4, 0.5) is 0 Å². The van der Waals surface area contributed by atoms with E-state index in [1.54, 1.807) is 12.1 Å². The number of β-lactam (4-membered cyclic amide) rings is 1. The van der Waals surface area contributed by atoms with E-state index in [4.69, 9.17) is 4.74 Å². The van der Waals surface area contributed by atoms with Gasteiger partial charge in [0.05, 0.1) is 17.7 Å². The number of carbonyl (C=O) groups is 3. The zero-order chi connectivity index (χ0) is 25.7. The topological polar surface area (TPSA) is 171 Å². The summed E-state index contributed by atoms with van der Waals surface area (Å²) in [5.74, 6) is -4.03. The van der Waals surface area contributed by atoms with E-state index < -0.39 is 56.2 Å². The number of aromatic hydroxyl groups is 2. The number of aliphatic carboxylic acids is 1. The highest BCUT2D eigenvalue weighted by Crippen LogP contribution is 2.49. The fourth-order valence-corrected chi connectivity index (χ4v) is 6.80.